The molecule has 22 heavy (non-hydrogen) atoms. The summed E-state index contributed by atoms with van der Waals surface area (Å²) >= 11 is 5.88. The molecule has 0 atom stereocenters. The lowest BCUT2D eigenvalue weighted by Crippen LogP contribution is -2.47. The molecule has 6 nitrogen and oxygen atoms in total. The molecule has 0 spiro atoms. The van der Waals surface area contributed by atoms with Gasteiger partial charge in [-0.3, -0.25) is 9.58 Å². The molecule has 0 aromatic carbocycles. The van der Waals surface area contributed by atoms with Gasteiger partial charge in [-0.1, -0.05) is 11.6 Å². The SMILES string of the molecule is CN(Cn1cc(Cl)cn1)C1CCN(C(=O)OC(C)(C)C)CC1. The van der Waals surface area contributed by atoms with Gasteiger partial charge < -0.3 is 9.64 Å². The van der Waals surface area contributed by atoms with Crippen LogP contribution in [0.25, 0.3) is 0 Å². The molecule has 1 saturated heterocycles. The molecule has 0 unspecified atom stereocenters. The molecule has 1 aliphatic rings. The lowest BCUT2D eigenvalue weighted by Gasteiger charge is -2.37. The average Bonchev–Trinajstić information content (AvgIpc) is 2.82. The number of carbonyl (C=O) groups excluding carboxylic acids is 1. The minimum Gasteiger partial charge on any atom is -0.444 e. The van der Waals surface area contributed by atoms with Gasteiger partial charge in [0.05, 0.1) is 17.9 Å². The highest BCUT2D eigenvalue weighted by atomic mass is 35.5. The van der Waals surface area contributed by atoms with Gasteiger partial charge in [0.25, 0.3) is 0 Å². The van der Waals surface area contributed by atoms with Gasteiger partial charge in [0.15, 0.2) is 0 Å². The number of aromatic nitrogens is 2. The molecule has 1 amide bonds. The highest BCUT2D eigenvalue weighted by Crippen LogP contribution is 2.19. The molecular weight excluding hydrogens is 304 g/mol. The first kappa shape index (κ1) is 17.1. The summed E-state index contributed by atoms with van der Waals surface area (Å²) in [6.07, 6.45) is 5.11. The Kier molecular flexibility index (Phi) is 5.34. The highest BCUT2D eigenvalue weighted by Gasteiger charge is 2.28. The van der Waals surface area contributed by atoms with Crippen LogP contribution in [0.2, 0.25) is 5.02 Å². The van der Waals surface area contributed by atoms with Crippen LogP contribution in [0, 0.1) is 0 Å². The second-order valence-electron chi connectivity index (χ2n) is 6.80. The van der Waals surface area contributed by atoms with Gasteiger partial charge in [-0.15, -0.1) is 0 Å². The summed E-state index contributed by atoms with van der Waals surface area (Å²) in [5, 5.41) is 4.84. The lowest BCUT2D eigenvalue weighted by molar-refractivity contribution is 0.0139. The predicted octanol–water partition coefficient (Wildman–Crippen LogP) is 2.83. The first-order chi connectivity index (χ1) is 10.2. The Hall–Kier alpha value is -1.27. The number of rotatable bonds is 3. The fraction of sp³-hybridized carbons (Fsp3) is 0.733. The number of hydrogen-bond acceptors (Lipinski definition) is 4. The molecule has 0 bridgehead atoms. The summed E-state index contributed by atoms with van der Waals surface area (Å²) in [6.45, 7) is 7.82. The van der Waals surface area contributed by atoms with Gasteiger partial charge in [0.2, 0.25) is 0 Å². The van der Waals surface area contributed by atoms with E-state index in [0.29, 0.717) is 17.7 Å². The van der Waals surface area contributed by atoms with Gasteiger partial charge in [0, 0.05) is 25.3 Å². The van der Waals surface area contributed by atoms with Crippen LogP contribution in [0.15, 0.2) is 12.4 Å². The van der Waals surface area contributed by atoms with E-state index in [0.717, 1.165) is 25.9 Å². The average molecular weight is 329 g/mol. The topological polar surface area (TPSA) is 50.6 Å². The van der Waals surface area contributed by atoms with Crippen LogP contribution in [-0.2, 0) is 11.4 Å². The van der Waals surface area contributed by atoms with E-state index in [1.54, 1.807) is 11.1 Å². The van der Waals surface area contributed by atoms with E-state index < -0.39 is 5.60 Å². The third-order valence-electron chi connectivity index (χ3n) is 3.71. The van der Waals surface area contributed by atoms with Crippen molar-refractivity contribution < 1.29 is 9.53 Å². The van der Waals surface area contributed by atoms with Crippen LogP contribution in [0.5, 0.6) is 0 Å². The van der Waals surface area contributed by atoms with E-state index in [2.05, 4.69) is 17.0 Å². The summed E-state index contributed by atoms with van der Waals surface area (Å²) < 4.78 is 7.24. The maximum absolute atomic E-state index is 12.0. The van der Waals surface area contributed by atoms with Crippen LogP contribution < -0.4 is 0 Å². The molecule has 0 N–H and O–H groups in total. The molecule has 0 saturated carbocycles. The van der Waals surface area contributed by atoms with Crippen molar-refractivity contribution in [3.05, 3.63) is 17.4 Å². The maximum atomic E-state index is 12.0. The number of carbonyl (C=O) groups is 1. The second kappa shape index (κ2) is 6.87. The minimum atomic E-state index is -0.440. The van der Waals surface area contributed by atoms with Crippen molar-refractivity contribution in [3.8, 4) is 0 Å². The molecule has 1 aliphatic heterocycles. The van der Waals surface area contributed by atoms with Gasteiger partial charge in [-0.25, -0.2) is 4.79 Å². The predicted molar refractivity (Wildman–Crippen MR) is 85.8 cm³/mol. The number of amides is 1. The van der Waals surface area contributed by atoms with Crippen molar-refractivity contribution in [1.29, 1.82) is 0 Å². The zero-order chi connectivity index (χ0) is 16.3. The van der Waals surface area contributed by atoms with E-state index in [-0.39, 0.29) is 6.09 Å². The minimum absolute atomic E-state index is 0.215. The Morgan fingerprint density at radius 1 is 1.45 bits per heavy atom. The smallest absolute Gasteiger partial charge is 0.410 e. The van der Waals surface area contributed by atoms with E-state index >= 15 is 0 Å². The van der Waals surface area contributed by atoms with Gasteiger partial charge in [0.1, 0.15) is 5.60 Å². The van der Waals surface area contributed by atoms with Crippen LogP contribution in [0.1, 0.15) is 33.6 Å². The molecular formula is C15H25ClN4O2. The molecule has 2 heterocycles. The third-order valence-corrected chi connectivity index (χ3v) is 3.90. The van der Waals surface area contributed by atoms with E-state index in [1.807, 2.05) is 31.6 Å². The quantitative estimate of drug-likeness (QED) is 0.856. The van der Waals surface area contributed by atoms with Crippen molar-refractivity contribution in [2.75, 3.05) is 20.1 Å². The van der Waals surface area contributed by atoms with E-state index in [9.17, 15) is 4.79 Å². The van der Waals surface area contributed by atoms with Crippen molar-refractivity contribution in [2.24, 2.45) is 0 Å². The van der Waals surface area contributed by atoms with Gasteiger partial charge in [-0.2, -0.15) is 5.10 Å². The molecule has 0 aliphatic carbocycles. The Morgan fingerprint density at radius 3 is 2.59 bits per heavy atom. The molecule has 124 valence electrons. The molecule has 1 aromatic heterocycles. The second-order valence-corrected chi connectivity index (χ2v) is 7.23. The largest absolute Gasteiger partial charge is 0.444 e. The summed E-state index contributed by atoms with van der Waals surface area (Å²) in [5.74, 6) is 0. The summed E-state index contributed by atoms with van der Waals surface area (Å²) in [7, 11) is 2.07. The third kappa shape index (κ3) is 4.88. The van der Waals surface area contributed by atoms with Crippen LogP contribution in [0.4, 0.5) is 4.79 Å². The Bertz CT molecular complexity index is 504. The Morgan fingerprint density at radius 2 is 2.09 bits per heavy atom. The van der Waals surface area contributed by atoms with Crippen molar-refractivity contribution in [1.82, 2.24) is 19.6 Å². The van der Waals surface area contributed by atoms with Crippen molar-refractivity contribution in [3.63, 3.8) is 0 Å². The number of halogens is 1. The summed E-state index contributed by atoms with van der Waals surface area (Å²) in [4.78, 5) is 16.1. The fourth-order valence-electron chi connectivity index (χ4n) is 2.58. The Labute approximate surface area is 137 Å². The number of ether oxygens (including phenoxy) is 1. The maximum Gasteiger partial charge on any atom is 0.410 e. The zero-order valence-electron chi connectivity index (χ0n) is 13.8. The molecule has 1 aromatic rings. The summed E-state index contributed by atoms with van der Waals surface area (Å²) in [6, 6.07) is 0.432. The van der Waals surface area contributed by atoms with Crippen molar-refractivity contribution >= 4 is 17.7 Å². The lowest BCUT2D eigenvalue weighted by atomic mass is 10.0. The standard InChI is InChI=1S/C15H25ClN4O2/c1-15(2,3)22-14(21)19-7-5-13(6-8-19)18(4)11-20-10-12(16)9-17-20/h9-10,13H,5-8,11H2,1-4H3. The van der Waals surface area contributed by atoms with Crippen LogP contribution >= 0.6 is 11.6 Å². The van der Waals surface area contributed by atoms with Gasteiger partial charge >= 0.3 is 6.09 Å². The molecule has 2 rings (SSSR count). The number of piperidine rings is 1. The van der Waals surface area contributed by atoms with Crippen LogP contribution in [0.3, 0.4) is 0 Å². The normalized spacial score (nSPS) is 17.1. The number of hydrogen-bond donors (Lipinski definition) is 0. The van der Waals surface area contributed by atoms with Crippen molar-refractivity contribution in [2.45, 2.75) is 51.9 Å². The first-order valence-electron chi connectivity index (χ1n) is 7.61. The van der Waals surface area contributed by atoms with E-state index in [1.165, 1.54) is 0 Å². The molecule has 0 radical (unpaired) electrons. The van der Waals surface area contributed by atoms with Gasteiger partial charge in [-0.05, 0) is 40.7 Å². The zero-order valence-corrected chi connectivity index (χ0v) is 14.5. The van der Waals surface area contributed by atoms with Crippen LogP contribution in [-0.4, -0.2) is 57.5 Å². The number of nitrogens with zero attached hydrogens (tertiary/aromatic N) is 4. The first-order valence-corrected chi connectivity index (χ1v) is 7.98. The monoisotopic (exact) mass is 328 g/mol. The Balaban J connectivity index is 1.80. The number of likely N-dealkylation sites (tertiary alicyclic amines) is 1. The fourth-order valence-corrected chi connectivity index (χ4v) is 2.73. The molecule has 7 heteroatoms. The molecule has 1 fully saturated rings. The summed E-state index contributed by atoms with van der Waals surface area (Å²) in [5.41, 5.74) is -0.440. The highest BCUT2D eigenvalue weighted by molar-refractivity contribution is 6.30. The van der Waals surface area contributed by atoms with E-state index in [4.69, 9.17) is 16.3 Å².